The fourth-order valence-corrected chi connectivity index (χ4v) is 4.85. The highest BCUT2D eigenvalue weighted by atomic mass is 79.9. The normalized spacial score (nSPS) is 17.3. The number of halogens is 5. The third kappa shape index (κ3) is 5.92. The molecule has 0 aliphatic carbocycles. The minimum Gasteiger partial charge on any atom is -0.480 e. The molecule has 194 valence electrons. The number of nitrogens with zero attached hydrogens (tertiary/aromatic N) is 1. The van der Waals surface area contributed by atoms with Gasteiger partial charge in [-0.2, -0.15) is 0 Å². The van der Waals surface area contributed by atoms with Crippen LogP contribution in [0.5, 0.6) is 5.75 Å². The Morgan fingerprint density at radius 2 is 1.78 bits per heavy atom. The van der Waals surface area contributed by atoms with E-state index in [-0.39, 0.29) is 18.0 Å². The zero-order valence-corrected chi connectivity index (χ0v) is 23.0. The molecule has 0 fully saturated rings. The van der Waals surface area contributed by atoms with Gasteiger partial charge in [0.25, 0.3) is 5.91 Å². The maximum atomic E-state index is 14.7. The average Bonchev–Trinajstić information content (AvgIpc) is 2.96. The first-order valence-electron chi connectivity index (χ1n) is 11.5. The van der Waals surface area contributed by atoms with Gasteiger partial charge in [0, 0.05) is 22.1 Å². The summed E-state index contributed by atoms with van der Waals surface area (Å²) in [6.07, 6.45) is -0.970. The molecule has 1 N–H and O–H groups in total. The monoisotopic (exact) mass is 610 g/mol. The topological polar surface area (TPSA) is 58.6 Å². The van der Waals surface area contributed by atoms with E-state index in [1.165, 1.54) is 11.0 Å². The number of hydrogen-bond donors (Lipinski definition) is 1. The number of carbonyl (C=O) groups excluding carboxylic acids is 2. The van der Waals surface area contributed by atoms with Crippen LogP contribution >= 0.6 is 39.1 Å². The van der Waals surface area contributed by atoms with Gasteiger partial charge in [-0.25, -0.2) is 8.78 Å². The first kappa shape index (κ1) is 27.4. The van der Waals surface area contributed by atoms with Gasteiger partial charge in [0.1, 0.15) is 23.4 Å². The summed E-state index contributed by atoms with van der Waals surface area (Å²) >= 11 is 15.5. The molecule has 3 aromatic carbocycles. The average molecular weight is 612 g/mol. The molecule has 0 spiro atoms. The van der Waals surface area contributed by atoms with E-state index in [1.54, 1.807) is 50.2 Å². The van der Waals surface area contributed by atoms with Crippen LogP contribution in [0.4, 0.5) is 8.78 Å². The molecule has 0 aromatic heterocycles. The summed E-state index contributed by atoms with van der Waals surface area (Å²) in [7, 11) is 0. The zero-order chi connectivity index (χ0) is 26.9. The molecule has 0 saturated heterocycles. The van der Waals surface area contributed by atoms with E-state index in [1.807, 2.05) is 0 Å². The highest BCUT2D eigenvalue weighted by Gasteiger charge is 2.42. The molecule has 37 heavy (non-hydrogen) atoms. The van der Waals surface area contributed by atoms with Crippen LogP contribution in [-0.2, 0) is 22.7 Å². The number of nitrogens with one attached hydrogen (secondary N) is 1. The summed E-state index contributed by atoms with van der Waals surface area (Å²) in [6.45, 7) is 3.21. The van der Waals surface area contributed by atoms with Crippen molar-refractivity contribution >= 4 is 50.9 Å². The fraction of sp³-hybridized carbons (Fsp3) is 0.259. The third-order valence-electron chi connectivity index (χ3n) is 6.05. The maximum Gasteiger partial charge on any atom is 0.265 e. The molecule has 5 nitrogen and oxygen atoms in total. The van der Waals surface area contributed by atoms with Crippen LogP contribution in [0, 0.1) is 17.6 Å². The van der Waals surface area contributed by atoms with Gasteiger partial charge in [-0.05, 0) is 53.9 Å². The molecular formula is C27H23BrCl2F2N2O3. The summed E-state index contributed by atoms with van der Waals surface area (Å²) in [5.74, 6) is -2.69. The molecule has 4 rings (SSSR count). The Labute approximate surface area is 231 Å². The number of benzene rings is 3. The van der Waals surface area contributed by atoms with Gasteiger partial charge in [-0.3, -0.25) is 9.59 Å². The standard InChI is InChI=1S/C27H23BrCl2F2N2O3/c1-14(2)25-27(36)34(13-18-21(31)4-3-5-22(18)32)24(17-11-16(28)7-9-23(17)37-25)26(35)33-12-15-6-8-19(29)20(30)10-15/h3-11,14,24-25H,12-13H2,1-2H3,(H,33,35). The van der Waals surface area contributed by atoms with Crippen molar-refractivity contribution in [1.29, 1.82) is 0 Å². The second-order valence-corrected chi connectivity index (χ2v) is 10.7. The highest BCUT2D eigenvalue weighted by Crippen LogP contribution is 2.39. The van der Waals surface area contributed by atoms with Crippen LogP contribution in [0.1, 0.15) is 36.6 Å². The van der Waals surface area contributed by atoms with Gasteiger partial charge in [-0.15, -0.1) is 0 Å². The molecule has 1 heterocycles. The fourth-order valence-electron chi connectivity index (χ4n) is 4.15. The van der Waals surface area contributed by atoms with Crippen molar-refractivity contribution in [3.05, 3.63) is 97.4 Å². The van der Waals surface area contributed by atoms with E-state index in [0.29, 0.717) is 31.4 Å². The molecule has 10 heteroatoms. The molecule has 3 aromatic rings. The maximum absolute atomic E-state index is 14.7. The molecule has 1 aliphatic rings. The van der Waals surface area contributed by atoms with Crippen molar-refractivity contribution in [2.45, 2.75) is 39.1 Å². The largest absolute Gasteiger partial charge is 0.480 e. The van der Waals surface area contributed by atoms with Crippen molar-refractivity contribution in [3.8, 4) is 5.75 Å². The van der Waals surface area contributed by atoms with Gasteiger partial charge in [0.2, 0.25) is 5.91 Å². The van der Waals surface area contributed by atoms with Crippen molar-refractivity contribution < 1.29 is 23.1 Å². The van der Waals surface area contributed by atoms with E-state index in [2.05, 4.69) is 21.2 Å². The van der Waals surface area contributed by atoms with E-state index in [9.17, 15) is 18.4 Å². The lowest BCUT2D eigenvalue weighted by Gasteiger charge is -2.31. The van der Waals surface area contributed by atoms with Gasteiger partial charge >= 0.3 is 0 Å². The third-order valence-corrected chi connectivity index (χ3v) is 7.29. The van der Waals surface area contributed by atoms with Gasteiger partial charge in [0.15, 0.2) is 6.10 Å². The van der Waals surface area contributed by atoms with Crippen molar-refractivity contribution in [1.82, 2.24) is 10.2 Å². The molecule has 2 atom stereocenters. The Kier molecular flexibility index (Phi) is 8.41. The predicted molar refractivity (Wildman–Crippen MR) is 141 cm³/mol. The van der Waals surface area contributed by atoms with Gasteiger partial charge < -0.3 is 15.0 Å². The summed E-state index contributed by atoms with van der Waals surface area (Å²) in [4.78, 5) is 28.7. The Morgan fingerprint density at radius 3 is 2.43 bits per heavy atom. The quantitative estimate of drug-likeness (QED) is 0.332. The number of ether oxygens (including phenoxy) is 1. The number of amides is 2. The summed E-state index contributed by atoms with van der Waals surface area (Å²) in [5, 5.41) is 3.53. The Hall–Kier alpha value is -2.68. The molecule has 0 radical (unpaired) electrons. The Balaban J connectivity index is 1.78. The predicted octanol–water partition coefficient (Wildman–Crippen LogP) is 6.84. The molecule has 2 amide bonds. The lowest BCUT2D eigenvalue weighted by atomic mass is 10.0. The summed E-state index contributed by atoms with van der Waals surface area (Å²) in [6, 6.07) is 12.2. The highest BCUT2D eigenvalue weighted by molar-refractivity contribution is 9.10. The smallest absolute Gasteiger partial charge is 0.265 e. The molecule has 2 unspecified atom stereocenters. The van der Waals surface area contributed by atoms with E-state index < -0.39 is 42.1 Å². The number of hydrogen-bond acceptors (Lipinski definition) is 3. The van der Waals surface area contributed by atoms with E-state index in [4.69, 9.17) is 27.9 Å². The van der Waals surface area contributed by atoms with Crippen molar-refractivity contribution in [3.63, 3.8) is 0 Å². The first-order valence-corrected chi connectivity index (χ1v) is 13.0. The molecule has 0 bridgehead atoms. The minimum atomic E-state index is -1.23. The van der Waals surface area contributed by atoms with Crippen molar-refractivity contribution in [2.24, 2.45) is 5.92 Å². The van der Waals surface area contributed by atoms with Crippen LogP contribution in [0.2, 0.25) is 10.0 Å². The minimum absolute atomic E-state index is 0.0834. The second kappa shape index (κ2) is 11.4. The number of rotatable bonds is 6. The number of fused-ring (bicyclic) bond motifs is 1. The lowest BCUT2D eigenvalue weighted by molar-refractivity contribution is -0.147. The van der Waals surface area contributed by atoms with Crippen LogP contribution < -0.4 is 10.1 Å². The first-order chi connectivity index (χ1) is 17.6. The van der Waals surface area contributed by atoms with Crippen molar-refractivity contribution in [2.75, 3.05) is 0 Å². The molecule has 1 aliphatic heterocycles. The Bertz CT molecular complexity index is 1330. The second-order valence-electron chi connectivity index (χ2n) is 9.00. The molecule has 0 saturated carbocycles. The summed E-state index contributed by atoms with van der Waals surface area (Å²) < 4.78 is 36.1. The summed E-state index contributed by atoms with van der Waals surface area (Å²) in [5.41, 5.74) is 0.744. The van der Waals surface area contributed by atoms with Gasteiger partial charge in [-0.1, -0.05) is 65.1 Å². The zero-order valence-electron chi connectivity index (χ0n) is 19.9. The van der Waals surface area contributed by atoms with E-state index in [0.717, 1.165) is 12.1 Å². The number of carbonyl (C=O) groups is 2. The van der Waals surface area contributed by atoms with E-state index >= 15 is 0 Å². The van der Waals surface area contributed by atoms with Crippen LogP contribution in [0.15, 0.2) is 59.1 Å². The Morgan fingerprint density at radius 1 is 1.08 bits per heavy atom. The lowest BCUT2D eigenvalue weighted by Crippen LogP contribution is -2.48. The van der Waals surface area contributed by atoms with Crippen LogP contribution in [0.3, 0.4) is 0 Å². The van der Waals surface area contributed by atoms with Crippen LogP contribution in [0.25, 0.3) is 0 Å². The van der Waals surface area contributed by atoms with Gasteiger partial charge in [0.05, 0.1) is 16.6 Å². The van der Waals surface area contributed by atoms with Crippen LogP contribution in [-0.4, -0.2) is 22.8 Å². The SMILES string of the molecule is CC(C)C1Oc2ccc(Br)cc2C(C(=O)NCc2ccc(Cl)c(Cl)c2)N(Cc2c(F)cccc2F)C1=O. The molecular weight excluding hydrogens is 589 g/mol.